The monoisotopic (exact) mass is 413 g/mol. The van der Waals surface area contributed by atoms with Gasteiger partial charge in [-0.25, -0.2) is 0 Å². The van der Waals surface area contributed by atoms with Gasteiger partial charge in [-0.05, 0) is 34.7 Å². The summed E-state index contributed by atoms with van der Waals surface area (Å²) >= 11 is 1.72. The molecular formula is C22H23NO5S. The molecule has 1 amide bonds. The number of carbonyl (C=O) groups excluding carboxylic acids is 1. The quantitative estimate of drug-likeness (QED) is 0.512. The van der Waals surface area contributed by atoms with E-state index >= 15 is 0 Å². The van der Waals surface area contributed by atoms with E-state index in [0.717, 1.165) is 5.56 Å². The Bertz CT molecular complexity index is 1000. The molecule has 0 radical (unpaired) electrons. The number of aliphatic hydroxyl groups excluding tert-OH is 3. The lowest BCUT2D eigenvalue weighted by Crippen LogP contribution is -2.47. The SMILES string of the molecule is NC(=O)c1ccc(Cc2cc3ccccc3s2)cc1C1C[C@@H](O)[C@H](O)C(CO)O1. The molecule has 4 rings (SSSR count). The number of nitrogens with two attached hydrogens (primary N) is 1. The highest BCUT2D eigenvalue weighted by Gasteiger charge is 2.38. The summed E-state index contributed by atoms with van der Waals surface area (Å²) in [5, 5.41) is 30.8. The van der Waals surface area contributed by atoms with Gasteiger partial charge in [-0.2, -0.15) is 0 Å². The van der Waals surface area contributed by atoms with Crippen LogP contribution < -0.4 is 5.73 Å². The number of thiophene rings is 1. The zero-order valence-electron chi connectivity index (χ0n) is 15.7. The Morgan fingerprint density at radius 3 is 2.69 bits per heavy atom. The van der Waals surface area contributed by atoms with Gasteiger partial charge in [0, 0.05) is 28.0 Å². The molecule has 1 saturated heterocycles. The fraction of sp³-hybridized carbons (Fsp3) is 0.318. The van der Waals surface area contributed by atoms with E-state index in [0.29, 0.717) is 17.5 Å². The predicted molar refractivity (Wildman–Crippen MR) is 111 cm³/mol. The van der Waals surface area contributed by atoms with E-state index in [2.05, 4.69) is 18.2 Å². The average molecular weight is 413 g/mol. The molecule has 1 aliphatic rings. The summed E-state index contributed by atoms with van der Waals surface area (Å²) in [5.74, 6) is -0.585. The average Bonchev–Trinajstić information content (AvgIpc) is 3.12. The summed E-state index contributed by atoms with van der Waals surface area (Å²) in [7, 11) is 0. The van der Waals surface area contributed by atoms with Crippen LogP contribution in [0.3, 0.4) is 0 Å². The molecule has 2 unspecified atom stereocenters. The van der Waals surface area contributed by atoms with Gasteiger partial charge >= 0.3 is 0 Å². The van der Waals surface area contributed by atoms with Gasteiger partial charge in [0.25, 0.3) is 0 Å². The van der Waals surface area contributed by atoms with E-state index < -0.39 is 36.9 Å². The minimum absolute atomic E-state index is 0.115. The summed E-state index contributed by atoms with van der Waals surface area (Å²) in [4.78, 5) is 13.1. The topological polar surface area (TPSA) is 113 Å². The zero-order chi connectivity index (χ0) is 20.5. The van der Waals surface area contributed by atoms with Crippen LogP contribution in [0, 0.1) is 0 Å². The third-order valence-electron chi connectivity index (χ3n) is 5.33. The molecule has 2 heterocycles. The number of carbonyl (C=O) groups is 1. The molecule has 4 atom stereocenters. The standard InChI is InChI=1S/C22H23NO5S/c23-22(27)15-6-5-12(7-14-9-13-3-1-2-4-20(13)29-14)8-16(15)18-10-17(25)21(26)19(11-24)28-18/h1-6,8-9,17-19,21,24-26H,7,10-11H2,(H2,23,27)/t17-,18?,19?,21+/m1/s1. The number of benzene rings is 2. The Balaban J connectivity index is 1.66. The maximum Gasteiger partial charge on any atom is 0.249 e. The van der Waals surface area contributed by atoms with Gasteiger partial charge in [0.05, 0.1) is 18.8 Å². The van der Waals surface area contributed by atoms with Gasteiger partial charge in [-0.3, -0.25) is 4.79 Å². The second-order valence-electron chi connectivity index (χ2n) is 7.35. The van der Waals surface area contributed by atoms with Crippen LogP contribution in [0.4, 0.5) is 0 Å². The summed E-state index contributed by atoms with van der Waals surface area (Å²) in [6.45, 7) is -0.428. The molecule has 0 spiro atoms. The molecule has 5 N–H and O–H groups in total. The van der Waals surface area contributed by atoms with Crippen molar-refractivity contribution >= 4 is 27.3 Å². The first-order valence-electron chi connectivity index (χ1n) is 9.49. The molecule has 152 valence electrons. The van der Waals surface area contributed by atoms with E-state index in [1.807, 2.05) is 24.3 Å². The van der Waals surface area contributed by atoms with E-state index in [4.69, 9.17) is 10.5 Å². The molecule has 29 heavy (non-hydrogen) atoms. The predicted octanol–water partition coefficient (Wildman–Crippen LogP) is 2.14. The highest BCUT2D eigenvalue weighted by molar-refractivity contribution is 7.19. The van der Waals surface area contributed by atoms with Crippen molar-refractivity contribution in [1.29, 1.82) is 0 Å². The molecule has 7 heteroatoms. The van der Waals surface area contributed by atoms with E-state index in [1.54, 1.807) is 17.4 Å². The first kappa shape index (κ1) is 20.0. The van der Waals surface area contributed by atoms with Crippen molar-refractivity contribution in [2.24, 2.45) is 5.73 Å². The maximum atomic E-state index is 12.0. The lowest BCUT2D eigenvalue weighted by molar-refractivity contribution is -0.181. The maximum absolute atomic E-state index is 12.0. The Morgan fingerprint density at radius 2 is 1.97 bits per heavy atom. The molecule has 2 aromatic carbocycles. The Kier molecular flexibility index (Phi) is 5.67. The van der Waals surface area contributed by atoms with Gasteiger partial charge in [0.2, 0.25) is 5.91 Å². The summed E-state index contributed by atoms with van der Waals surface area (Å²) in [6.07, 6.45) is -2.99. The van der Waals surface area contributed by atoms with Gasteiger partial charge in [0.1, 0.15) is 12.2 Å². The van der Waals surface area contributed by atoms with Crippen LogP contribution in [0.15, 0.2) is 48.5 Å². The number of rotatable bonds is 5. The summed E-state index contributed by atoms with van der Waals surface area (Å²) in [5.41, 5.74) is 7.42. The molecule has 6 nitrogen and oxygen atoms in total. The molecule has 1 aromatic heterocycles. The molecule has 3 aromatic rings. The first-order valence-corrected chi connectivity index (χ1v) is 10.3. The van der Waals surface area contributed by atoms with Crippen molar-refractivity contribution in [3.63, 3.8) is 0 Å². The summed E-state index contributed by atoms with van der Waals surface area (Å²) < 4.78 is 7.00. The van der Waals surface area contributed by atoms with E-state index in [1.165, 1.54) is 15.0 Å². The number of fused-ring (bicyclic) bond motifs is 1. The molecule has 0 bridgehead atoms. The number of amides is 1. The van der Waals surface area contributed by atoms with Crippen LogP contribution in [0.25, 0.3) is 10.1 Å². The second-order valence-corrected chi connectivity index (χ2v) is 8.52. The number of ether oxygens (including phenoxy) is 1. The van der Waals surface area contributed by atoms with E-state index in [9.17, 15) is 20.1 Å². The smallest absolute Gasteiger partial charge is 0.249 e. The largest absolute Gasteiger partial charge is 0.394 e. The zero-order valence-corrected chi connectivity index (χ0v) is 16.5. The normalized spacial score (nSPS) is 24.7. The van der Waals surface area contributed by atoms with Gasteiger partial charge < -0.3 is 25.8 Å². The van der Waals surface area contributed by atoms with Gasteiger partial charge in [-0.15, -0.1) is 11.3 Å². The van der Waals surface area contributed by atoms with Gasteiger partial charge in [0.15, 0.2) is 0 Å². The van der Waals surface area contributed by atoms with Crippen molar-refractivity contribution in [2.45, 2.75) is 37.3 Å². The molecule has 1 aliphatic heterocycles. The third-order valence-corrected chi connectivity index (χ3v) is 6.45. The number of hydrogen-bond donors (Lipinski definition) is 4. The number of hydrogen-bond acceptors (Lipinski definition) is 6. The highest BCUT2D eigenvalue weighted by Crippen LogP contribution is 2.35. The fourth-order valence-corrected chi connectivity index (χ4v) is 4.94. The van der Waals surface area contributed by atoms with Crippen molar-refractivity contribution in [3.05, 3.63) is 70.1 Å². The first-order chi connectivity index (χ1) is 14.0. The number of aliphatic hydroxyl groups is 3. The fourth-order valence-electron chi connectivity index (χ4n) is 3.84. The van der Waals surface area contributed by atoms with Gasteiger partial charge in [-0.1, -0.05) is 30.3 Å². The molecule has 0 saturated carbocycles. The van der Waals surface area contributed by atoms with E-state index in [-0.39, 0.29) is 6.42 Å². The molecule has 0 aliphatic carbocycles. The highest BCUT2D eigenvalue weighted by atomic mass is 32.1. The Labute approximate surface area is 172 Å². The van der Waals surface area contributed by atoms with Crippen LogP contribution in [0.2, 0.25) is 0 Å². The van der Waals surface area contributed by atoms with Crippen molar-refractivity contribution in [3.8, 4) is 0 Å². The number of primary amides is 1. The summed E-state index contributed by atoms with van der Waals surface area (Å²) in [6, 6.07) is 15.8. The van der Waals surface area contributed by atoms with Crippen LogP contribution in [0.1, 0.15) is 38.9 Å². The van der Waals surface area contributed by atoms with Crippen LogP contribution >= 0.6 is 11.3 Å². The molecule has 1 fully saturated rings. The second kappa shape index (κ2) is 8.22. The van der Waals surface area contributed by atoms with Crippen molar-refractivity contribution in [2.75, 3.05) is 6.61 Å². The lowest BCUT2D eigenvalue weighted by atomic mass is 9.90. The minimum Gasteiger partial charge on any atom is -0.394 e. The minimum atomic E-state index is -1.17. The Morgan fingerprint density at radius 1 is 1.17 bits per heavy atom. The Hall–Kier alpha value is -2.29. The van der Waals surface area contributed by atoms with Crippen LogP contribution in [0.5, 0.6) is 0 Å². The molecular weight excluding hydrogens is 390 g/mol. The lowest BCUT2D eigenvalue weighted by Gasteiger charge is -2.37. The van der Waals surface area contributed by atoms with Crippen molar-refractivity contribution < 1.29 is 24.9 Å². The van der Waals surface area contributed by atoms with Crippen molar-refractivity contribution in [1.82, 2.24) is 0 Å². The third kappa shape index (κ3) is 4.05. The van der Waals surface area contributed by atoms with Crippen LogP contribution in [-0.4, -0.2) is 46.1 Å². The van der Waals surface area contributed by atoms with Crippen LogP contribution in [-0.2, 0) is 11.2 Å².